The molecular weight excluding hydrogens is 370 g/mol. The minimum Gasteiger partial charge on any atom is -0.348 e. The summed E-state index contributed by atoms with van der Waals surface area (Å²) < 4.78 is 1.42. The summed E-state index contributed by atoms with van der Waals surface area (Å²) in [4.78, 5) is 44.1. The van der Waals surface area contributed by atoms with Crippen LogP contribution in [-0.2, 0) is 6.54 Å². The highest BCUT2D eigenvalue weighted by Crippen LogP contribution is 2.21. The van der Waals surface area contributed by atoms with E-state index in [-0.39, 0.29) is 11.9 Å². The van der Waals surface area contributed by atoms with Crippen molar-refractivity contribution in [1.82, 2.24) is 24.7 Å². The smallest absolute Gasteiger partial charge is 0.316 e. The summed E-state index contributed by atoms with van der Waals surface area (Å²) in [7, 11) is 2.17. The molecule has 8 nitrogen and oxygen atoms in total. The van der Waals surface area contributed by atoms with Gasteiger partial charge in [-0.1, -0.05) is 0 Å². The van der Waals surface area contributed by atoms with Crippen LogP contribution < -0.4 is 16.4 Å². The number of likely N-dealkylation sites (tertiary alicyclic amines) is 2. The number of piperidine rings is 1. The molecule has 1 amide bonds. The molecule has 3 heterocycles. The Morgan fingerprint density at radius 3 is 2.66 bits per heavy atom. The summed E-state index contributed by atoms with van der Waals surface area (Å²) >= 11 is 0. The van der Waals surface area contributed by atoms with Crippen molar-refractivity contribution in [2.45, 2.75) is 44.8 Å². The lowest BCUT2D eigenvalue weighted by Crippen LogP contribution is -2.44. The normalized spacial score (nSPS) is 21.7. The highest BCUT2D eigenvalue weighted by atomic mass is 16.2. The second-order valence-electron chi connectivity index (χ2n) is 8.22. The van der Waals surface area contributed by atoms with Crippen molar-refractivity contribution in [3.63, 3.8) is 0 Å². The standard InChI is InChI=1S/C21H29N5O3/c1-3-26-18-5-4-14(12-17(18)23-20(28)21(26)29)19(27)22-15-6-11-25(13-15)16-7-9-24(2)10-8-16/h4-5,12,15-16H,3,6-11,13H2,1-2H3,(H,22,27)(H,23,28). The zero-order chi connectivity index (χ0) is 20.5. The Bertz CT molecular complexity index is 1020. The summed E-state index contributed by atoms with van der Waals surface area (Å²) in [5.41, 5.74) is 0.386. The first-order chi connectivity index (χ1) is 14.0. The van der Waals surface area contributed by atoms with Crippen LogP contribution >= 0.6 is 0 Å². The third-order valence-corrected chi connectivity index (χ3v) is 6.31. The van der Waals surface area contributed by atoms with E-state index < -0.39 is 11.1 Å². The number of carbonyl (C=O) groups excluding carboxylic acids is 1. The molecule has 0 radical (unpaired) electrons. The molecule has 2 saturated heterocycles. The number of H-pyrrole nitrogens is 1. The van der Waals surface area contributed by atoms with Crippen LogP contribution in [0.25, 0.3) is 11.0 Å². The van der Waals surface area contributed by atoms with Crippen LogP contribution in [0.15, 0.2) is 27.8 Å². The third kappa shape index (κ3) is 4.00. The fourth-order valence-electron chi connectivity index (χ4n) is 4.60. The fourth-order valence-corrected chi connectivity index (χ4v) is 4.60. The van der Waals surface area contributed by atoms with Crippen LogP contribution in [0.5, 0.6) is 0 Å². The van der Waals surface area contributed by atoms with E-state index in [1.807, 2.05) is 6.92 Å². The fraction of sp³-hybridized carbons (Fsp3) is 0.571. The first kappa shape index (κ1) is 19.8. The van der Waals surface area contributed by atoms with Crippen molar-refractivity contribution in [3.8, 4) is 0 Å². The summed E-state index contributed by atoms with van der Waals surface area (Å²) in [5, 5.41) is 3.14. The molecule has 2 N–H and O–H groups in total. The molecule has 1 unspecified atom stereocenters. The van der Waals surface area contributed by atoms with Gasteiger partial charge in [0.2, 0.25) is 0 Å². The summed E-state index contributed by atoms with van der Waals surface area (Å²) in [6, 6.07) is 5.85. The SMILES string of the molecule is CCn1c(=O)c(=O)[nH]c2cc(C(=O)NC3CCN(C4CCN(C)CC4)C3)ccc21. The molecule has 0 spiro atoms. The van der Waals surface area contributed by atoms with E-state index in [9.17, 15) is 14.4 Å². The van der Waals surface area contributed by atoms with E-state index >= 15 is 0 Å². The van der Waals surface area contributed by atoms with Crippen molar-refractivity contribution in [3.05, 3.63) is 44.5 Å². The lowest BCUT2D eigenvalue weighted by molar-refractivity contribution is 0.0932. The van der Waals surface area contributed by atoms with Gasteiger partial charge in [0.25, 0.3) is 5.91 Å². The topological polar surface area (TPSA) is 90.4 Å². The van der Waals surface area contributed by atoms with E-state index in [0.29, 0.717) is 29.2 Å². The van der Waals surface area contributed by atoms with E-state index in [0.717, 1.165) is 32.6 Å². The van der Waals surface area contributed by atoms with Crippen molar-refractivity contribution in [1.29, 1.82) is 0 Å². The molecule has 29 heavy (non-hydrogen) atoms. The highest BCUT2D eigenvalue weighted by molar-refractivity contribution is 5.97. The minimum atomic E-state index is -0.665. The number of hydrogen-bond acceptors (Lipinski definition) is 5. The van der Waals surface area contributed by atoms with Crippen molar-refractivity contribution < 1.29 is 4.79 Å². The van der Waals surface area contributed by atoms with Crippen LogP contribution in [-0.4, -0.2) is 70.6 Å². The molecule has 1 aromatic carbocycles. The molecule has 0 saturated carbocycles. The third-order valence-electron chi connectivity index (χ3n) is 6.31. The Kier molecular flexibility index (Phi) is 5.56. The quantitative estimate of drug-likeness (QED) is 0.735. The lowest BCUT2D eigenvalue weighted by Gasteiger charge is -2.35. The van der Waals surface area contributed by atoms with Crippen LogP contribution in [0, 0.1) is 0 Å². The number of aromatic nitrogens is 2. The Hall–Kier alpha value is -2.45. The predicted molar refractivity (Wildman–Crippen MR) is 112 cm³/mol. The Balaban J connectivity index is 1.45. The molecule has 4 rings (SSSR count). The van der Waals surface area contributed by atoms with Gasteiger partial charge in [-0.25, -0.2) is 0 Å². The van der Waals surface area contributed by atoms with Crippen molar-refractivity contribution in [2.24, 2.45) is 0 Å². The van der Waals surface area contributed by atoms with Gasteiger partial charge >= 0.3 is 11.1 Å². The molecule has 2 aliphatic rings. The highest BCUT2D eigenvalue weighted by Gasteiger charge is 2.30. The maximum absolute atomic E-state index is 12.8. The molecule has 2 aromatic rings. The second-order valence-corrected chi connectivity index (χ2v) is 8.22. The Morgan fingerprint density at radius 2 is 1.93 bits per heavy atom. The molecule has 8 heteroatoms. The van der Waals surface area contributed by atoms with Crippen LogP contribution in [0.3, 0.4) is 0 Å². The molecular formula is C21H29N5O3. The molecule has 1 aromatic heterocycles. The monoisotopic (exact) mass is 399 g/mol. The average Bonchev–Trinajstić information content (AvgIpc) is 3.17. The van der Waals surface area contributed by atoms with Gasteiger partial charge in [0, 0.05) is 37.3 Å². The van der Waals surface area contributed by atoms with Crippen molar-refractivity contribution in [2.75, 3.05) is 33.2 Å². The average molecular weight is 399 g/mol. The largest absolute Gasteiger partial charge is 0.348 e. The number of aryl methyl sites for hydroxylation is 1. The number of fused-ring (bicyclic) bond motifs is 1. The number of rotatable bonds is 4. The zero-order valence-corrected chi connectivity index (χ0v) is 17.1. The number of hydrogen-bond donors (Lipinski definition) is 2. The maximum Gasteiger partial charge on any atom is 0.316 e. The molecule has 2 aliphatic heterocycles. The molecule has 0 bridgehead atoms. The van der Waals surface area contributed by atoms with E-state index in [1.54, 1.807) is 18.2 Å². The number of carbonyl (C=O) groups is 1. The van der Waals surface area contributed by atoms with Gasteiger partial charge < -0.3 is 19.8 Å². The first-order valence-electron chi connectivity index (χ1n) is 10.5. The van der Waals surface area contributed by atoms with Gasteiger partial charge in [-0.3, -0.25) is 19.3 Å². The number of benzene rings is 1. The number of amides is 1. The number of nitrogens with zero attached hydrogens (tertiary/aromatic N) is 3. The molecule has 156 valence electrons. The Labute approximate surface area is 169 Å². The van der Waals surface area contributed by atoms with E-state index in [2.05, 4.69) is 27.1 Å². The second kappa shape index (κ2) is 8.12. The summed E-state index contributed by atoms with van der Waals surface area (Å²) in [6.07, 6.45) is 3.33. The van der Waals surface area contributed by atoms with Crippen LogP contribution in [0.2, 0.25) is 0 Å². The lowest BCUT2D eigenvalue weighted by atomic mass is 10.0. The maximum atomic E-state index is 12.8. The van der Waals surface area contributed by atoms with Gasteiger partial charge in [-0.2, -0.15) is 0 Å². The molecule has 1 atom stereocenters. The van der Waals surface area contributed by atoms with E-state index in [4.69, 9.17) is 0 Å². The Morgan fingerprint density at radius 1 is 1.17 bits per heavy atom. The van der Waals surface area contributed by atoms with Crippen LogP contribution in [0.4, 0.5) is 0 Å². The zero-order valence-electron chi connectivity index (χ0n) is 17.1. The molecule has 0 aliphatic carbocycles. The summed E-state index contributed by atoms with van der Waals surface area (Å²) in [6.45, 7) is 6.40. The van der Waals surface area contributed by atoms with Gasteiger partial charge in [0.1, 0.15) is 0 Å². The van der Waals surface area contributed by atoms with Gasteiger partial charge in [-0.15, -0.1) is 0 Å². The van der Waals surface area contributed by atoms with Gasteiger partial charge in [-0.05, 0) is 64.5 Å². The van der Waals surface area contributed by atoms with Gasteiger partial charge in [0.15, 0.2) is 0 Å². The van der Waals surface area contributed by atoms with Gasteiger partial charge in [0.05, 0.1) is 11.0 Å². The summed E-state index contributed by atoms with van der Waals surface area (Å²) in [5.74, 6) is -0.141. The van der Waals surface area contributed by atoms with Crippen LogP contribution in [0.1, 0.15) is 36.5 Å². The van der Waals surface area contributed by atoms with E-state index in [1.165, 1.54) is 17.4 Å². The predicted octanol–water partition coefficient (Wildman–Crippen LogP) is 0.608. The van der Waals surface area contributed by atoms with Crippen molar-refractivity contribution >= 4 is 16.9 Å². The number of nitrogens with one attached hydrogen (secondary N) is 2. The first-order valence-corrected chi connectivity index (χ1v) is 10.5. The molecule has 2 fully saturated rings. The number of aromatic amines is 1. The minimum absolute atomic E-state index is 0.140.